The third-order valence-electron chi connectivity index (χ3n) is 12.2. The third kappa shape index (κ3) is 26.6. The molecule has 24 heteroatoms. The minimum Gasteiger partial charge on any atom is -0.467 e. The number of methoxy groups -OCH3 is 2. The van der Waals surface area contributed by atoms with E-state index in [1.54, 1.807) is 72.5 Å². The minimum atomic E-state index is -1.58. The van der Waals surface area contributed by atoms with Crippen LogP contribution in [0.2, 0.25) is 0 Å². The molecule has 4 rings (SSSR count). The van der Waals surface area contributed by atoms with Crippen LogP contribution in [-0.2, 0) is 92.9 Å². The Bertz CT molecular complexity index is 2710. The molecule has 8 amide bonds. The van der Waals surface area contributed by atoms with E-state index in [4.69, 9.17) is 18.9 Å². The number of carbonyl (C=O) groups excluding carboxylic acids is 12. The zero-order chi connectivity index (χ0) is 60.9. The van der Waals surface area contributed by atoms with Crippen molar-refractivity contribution in [2.24, 2.45) is 0 Å². The number of amides is 8. The highest BCUT2D eigenvalue weighted by Crippen LogP contribution is 2.09. The van der Waals surface area contributed by atoms with Crippen LogP contribution in [0.15, 0.2) is 121 Å². The number of ether oxygens (including phenoxy) is 4. The second kappa shape index (κ2) is 37.9. The predicted octanol–water partition coefficient (Wildman–Crippen LogP) is 2.01. The molecule has 0 heterocycles. The monoisotopic (exact) mass is 1160 g/mol. The number of hydrogen-bond acceptors (Lipinski definition) is 16. The van der Waals surface area contributed by atoms with E-state index in [1.807, 2.05) is 60.7 Å². The quantitative estimate of drug-likeness (QED) is 0.00973. The first-order valence-electron chi connectivity index (χ1n) is 27.0. The molecule has 0 aromatic heterocycles. The Hall–Kier alpha value is -9.92. The van der Waals surface area contributed by atoms with Crippen molar-refractivity contribution in [2.45, 2.75) is 76.7 Å². The van der Waals surface area contributed by atoms with Gasteiger partial charge in [-0.05, 0) is 85.5 Å². The number of esters is 2. The molecule has 0 unspecified atom stereocenters. The number of Topliss-reactive ketones (excluding diaryl/α,β-unsaturated/α-hetero) is 2. The fourth-order valence-electron chi connectivity index (χ4n) is 7.80. The fourth-order valence-corrected chi connectivity index (χ4v) is 7.80. The van der Waals surface area contributed by atoms with Crippen LogP contribution < -0.4 is 31.9 Å². The molecule has 4 aromatic rings. The molecule has 24 nitrogen and oxygen atoms in total. The number of unbranched alkanes of at least 4 members (excludes halogenated alkanes) is 2. The second-order valence-electron chi connectivity index (χ2n) is 18.7. The van der Waals surface area contributed by atoms with Crippen LogP contribution in [0, 0.1) is 11.8 Å². The van der Waals surface area contributed by atoms with Crippen molar-refractivity contribution < 1.29 is 76.5 Å². The maximum atomic E-state index is 13.6. The first-order chi connectivity index (χ1) is 40.5. The molecule has 0 bridgehead atoms. The van der Waals surface area contributed by atoms with E-state index in [2.05, 4.69) is 31.9 Å². The van der Waals surface area contributed by atoms with Gasteiger partial charge in [0.25, 0.3) is 11.6 Å². The van der Waals surface area contributed by atoms with Crippen molar-refractivity contribution in [3.8, 4) is 11.8 Å². The summed E-state index contributed by atoms with van der Waals surface area (Å²) in [5.41, 5.74) is 3.24. The molecular weight excluding hydrogens is 1090 g/mol. The molecule has 0 saturated heterocycles. The molecule has 0 aliphatic heterocycles. The maximum Gasteiger partial charge on any atom is 0.408 e. The lowest BCUT2D eigenvalue weighted by atomic mass is 10.1. The van der Waals surface area contributed by atoms with Gasteiger partial charge in [-0.25, -0.2) is 19.2 Å². The number of benzene rings is 4. The van der Waals surface area contributed by atoms with E-state index >= 15 is 0 Å². The molecule has 2 atom stereocenters. The van der Waals surface area contributed by atoms with Crippen LogP contribution in [0.4, 0.5) is 9.59 Å². The summed E-state index contributed by atoms with van der Waals surface area (Å²) in [6, 6.07) is 33.8. The highest BCUT2D eigenvalue weighted by atomic mass is 16.6. The van der Waals surface area contributed by atoms with Gasteiger partial charge in [-0.2, -0.15) is 0 Å². The van der Waals surface area contributed by atoms with E-state index < -0.39 is 109 Å². The Morgan fingerprint density at radius 3 is 1.01 bits per heavy atom. The van der Waals surface area contributed by atoms with Crippen molar-refractivity contribution in [1.29, 1.82) is 0 Å². The first-order valence-corrected chi connectivity index (χ1v) is 27.0. The summed E-state index contributed by atoms with van der Waals surface area (Å²) in [5, 5.41) is 15.3. The summed E-state index contributed by atoms with van der Waals surface area (Å²) in [7, 11) is 2.31. The normalized spacial score (nSPS) is 11.0. The Balaban J connectivity index is 1.37. The van der Waals surface area contributed by atoms with Crippen molar-refractivity contribution in [3.05, 3.63) is 144 Å². The topological polar surface area (TPSA) is 320 Å². The molecule has 6 N–H and O–H groups in total. The molecule has 0 aliphatic rings. The van der Waals surface area contributed by atoms with Crippen LogP contribution in [-0.4, -0.2) is 160 Å². The van der Waals surface area contributed by atoms with Gasteiger partial charge in [-0.3, -0.25) is 38.4 Å². The number of alkyl carbamates (subject to hydrolysis) is 2. The van der Waals surface area contributed by atoms with Crippen molar-refractivity contribution in [1.82, 2.24) is 41.7 Å². The lowest BCUT2D eigenvalue weighted by Crippen LogP contribution is -2.48. The van der Waals surface area contributed by atoms with Gasteiger partial charge in [0.15, 0.2) is 0 Å². The molecule has 0 radical (unpaired) electrons. The molecule has 84 heavy (non-hydrogen) atoms. The van der Waals surface area contributed by atoms with Crippen LogP contribution in [0.3, 0.4) is 0 Å². The Kier molecular flexibility index (Phi) is 30.1. The van der Waals surface area contributed by atoms with Crippen LogP contribution in [0.25, 0.3) is 0 Å². The lowest BCUT2D eigenvalue weighted by molar-refractivity contribution is -0.145. The molecule has 0 aliphatic carbocycles. The molecule has 0 fully saturated rings. The summed E-state index contributed by atoms with van der Waals surface area (Å²) in [5.74, 6) is -7.12. The number of rotatable bonds is 34. The van der Waals surface area contributed by atoms with Gasteiger partial charge in [0, 0.05) is 26.2 Å². The SMILES string of the molecule is COC(=O)[C@H](CCCCNC(=O)CN(CC(=O)NCCc1ccccc1)C(=O)C(=O)C#CC(=O)C(=O)N(CC(=O)NCCCC[C@H](NC(=O)OCc1ccccc1)C(=O)OC)CC(=O)NCCc1ccccc1)NC(=O)OCc1ccccc1. The summed E-state index contributed by atoms with van der Waals surface area (Å²) in [6.07, 6.45) is 0.383. The van der Waals surface area contributed by atoms with E-state index in [0.29, 0.717) is 22.6 Å². The van der Waals surface area contributed by atoms with Gasteiger partial charge in [-0.15, -0.1) is 0 Å². The highest BCUT2D eigenvalue weighted by Gasteiger charge is 2.29. The smallest absolute Gasteiger partial charge is 0.408 e. The summed E-state index contributed by atoms with van der Waals surface area (Å²) < 4.78 is 20.0. The zero-order valence-corrected chi connectivity index (χ0v) is 46.9. The number of nitrogens with zero attached hydrogens (tertiary/aromatic N) is 2. The Labute approximate surface area is 486 Å². The van der Waals surface area contributed by atoms with Gasteiger partial charge in [0.05, 0.1) is 14.2 Å². The largest absolute Gasteiger partial charge is 0.467 e. The summed E-state index contributed by atoms with van der Waals surface area (Å²) in [6.45, 7) is -3.12. The Morgan fingerprint density at radius 2 is 0.702 bits per heavy atom. The van der Waals surface area contributed by atoms with E-state index in [1.165, 1.54) is 0 Å². The van der Waals surface area contributed by atoms with Crippen LogP contribution in [0.5, 0.6) is 0 Å². The lowest BCUT2D eigenvalue weighted by Gasteiger charge is -2.21. The average Bonchev–Trinajstić information content (AvgIpc) is 3.52. The first kappa shape index (κ1) is 66.6. The zero-order valence-electron chi connectivity index (χ0n) is 46.9. The van der Waals surface area contributed by atoms with Gasteiger partial charge in [0.1, 0.15) is 51.5 Å². The van der Waals surface area contributed by atoms with E-state index in [0.717, 1.165) is 36.5 Å². The van der Waals surface area contributed by atoms with Gasteiger partial charge in [0.2, 0.25) is 23.6 Å². The number of nitrogens with one attached hydrogen (secondary N) is 6. The van der Waals surface area contributed by atoms with Gasteiger partial charge >= 0.3 is 35.9 Å². The maximum absolute atomic E-state index is 13.6. The predicted molar refractivity (Wildman–Crippen MR) is 302 cm³/mol. The summed E-state index contributed by atoms with van der Waals surface area (Å²) >= 11 is 0. The van der Waals surface area contributed by atoms with Crippen LogP contribution >= 0.6 is 0 Å². The summed E-state index contributed by atoms with van der Waals surface area (Å²) in [4.78, 5) is 157. The second-order valence-corrected chi connectivity index (χ2v) is 18.7. The third-order valence-corrected chi connectivity index (χ3v) is 12.2. The molecular formula is C60H70N8O16. The van der Waals surface area contributed by atoms with E-state index in [-0.39, 0.29) is 77.9 Å². The van der Waals surface area contributed by atoms with Crippen molar-refractivity contribution >= 4 is 71.1 Å². The Morgan fingerprint density at radius 1 is 0.405 bits per heavy atom. The standard InChI is InChI=1S/C60H70N8O16/c1-81-57(77)47(65-59(79)83-41-45-23-11-5-12-24-45)27-15-17-33-61-51(71)37-67(39-53(73)63-35-31-43-19-7-3-8-20-43)55(75)49(69)29-30-50(70)56(76)68(40-54(74)64-36-32-44-21-9-4-10-22-44)38-52(72)62-34-18-16-28-48(58(78)82-2)66-60(80)84-42-46-25-13-6-14-26-46/h3-14,19-26,47-48H,15-18,27-28,31-42H2,1-2H3,(H,61,71)(H,62,72)(H,63,73)(H,64,74)(H,65,79)(H,66,80)/t47-,48-/m0/s1. The van der Waals surface area contributed by atoms with E-state index in [9.17, 15) is 57.5 Å². The molecule has 446 valence electrons. The van der Waals surface area contributed by atoms with Crippen molar-refractivity contribution in [3.63, 3.8) is 0 Å². The van der Waals surface area contributed by atoms with Crippen molar-refractivity contribution in [2.75, 3.05) is 66.6 Å². The number of carbonyl (C=O) groups is 12. The highest BCUT2D eigenvalue weighted by molar-refractivity contribution is 6.48. The minimum absolute atomic E-state index is 0.00875. The number of ketones is 2. The van der Waals surface area contributed by atoms with Crippen LogP contribution in [0.1, 0.15) is 60.8 Å². The fraction of sp³-hybridized carbons (Fsp3) is 0.367. The average molecular weight is 1160 g/mol. The number of hydrogen-bond donors (Lipinski definition) is 6. The van der Waals surface area contributed by atoms with Gasteiger partial charge < -0.3 is 60.6 Å². The van der Waals surface area contributed by atoms with Gasteiger partial charge in [-0.1, -0.05) is 121 Å². The molecule has 0 spiro atoms. The molecule has 4 aromatic carbocycles. The molecule has 0 saturated carbocycles.